The Kier molecular flexibility index (Phi) is 3.42. The Morgan fingerprint density at radius 3 is 2.59 bits per heavy atom. The van der Waals surface area contributed by atoms with E-state index >= 15 is 0 Å². The number of carboxylic acid groups (broad SMARTS) is 1. The van der Waals surface area contributed by atoms with Gasteiger partial charge in [0.05, 0.1) is 23.7 Å². The number of nitrogens with zero attached hydrogens (tertiary/aromatic N) is 1. The summed E-state index contributed by atoms with van der Waals surface area (Å²) in [5.74, 6) is -0.925. The van der Waals surface area contributed by atoms with Gasteiger partial charge in [-0.2, -0.15) is 0 Å². The minimum atomic E-state index is -3.13. The third-order valence-electron chi connectivity index (χ3n) is 3.54. The smallest absolute Gasteiger partial charge is 0.303 e. The van der Waals surface area contributed by atoms with Gasteiger partial charge in [0, 0.05) is 13.0 Å². The molecule has 0 spiro atoms. The van der Waals surface area contributed by atoms with E-state index in [4.69, 9.17) is 5.11 Å². The molecule has 2 aliphatic rings. The van der Waals surface area contributed by atoms with Crippen molar-refractivity contribution >= 4 is 15.8 Å². The number of carboxylic acids is 1. The summed E-state index contributed by atoms with van der Waals surface area (Å²) in [7, 11) is -3.13. The largest absolute Gasteiger partial charge is 0.481 e. The lowest BCUT2D eigenvalue weighted by atomic mass is 10.1. The molecule has 6 nitrogen and oxygen atoms in total. The maximum atomic E-state index is 11.4. The van der Waals surface area contributed by atoms with Crippen molar-refractivity contribution in [2.24, 2.45) is 5.92 Å². The summed E-state index contributed by atoms with van der Waals surface area (Å²) in [6, 6.07) is -0.348. The molecule has 2 rings (SSSR count). The second kappa shape index (κ2) is 4.55. The molecule has 3 unspecified atom stereocenters. The molecule has 2 aliphatic heterocycles. The van der Waals surface area contributed by atoms with Gasteiger partial charge in [-0.1, -0.05) is 0 Å². The molecular weight excluding hydrogens is 246 g/mol. The number of aliphatic hydroxyl groups is 1. The zero-order valence-electron chi connectivity index (χ0n) is 9.45. The molecule has 0 aromatic carbocycles. The monoisotopic (exact) mass is 263 g/mol. The van der Waals surface area contributed by atoms with E-state index in [1.807, 2.05) is 4.90 Å². The average molecular weight is 263 g/mol. The zero-order valence-corrected chi connectivity index (χ0v) is 10.3. The zero-order chi connectivity index (χ0) is 12.6. The van der Waals surface area contributed by atoms with E-state index in [0.29, 0.717) is 13.1 Å². The van der Waals surface area contributed by atoms with Gasteiger partial charge in [0.15, 0.2) is 9.84 Å². The summed E-state index contributed by atoms with van der Waals surface area (Å²) in [4.78, 5) is 12.5. The number of carbonyl (C=O) groups is 1. The predicted octanol–water partition coefficient (Wildman–Crippen LogP) is -1.06. The highest BCUT2D eigenvalue weighted by Gasteiger charge is 2.42. The van der Waals surface area contributed by atoms with E-state index in [2.05, 4.69) is 0 Å². The van der Waals surface area contributed by atoms with Crippen LogP contribution in [0.3, 0.4) is 0 Å². The van der Waals surface area contributed by atoms with Crippen LogP contribution in [0.2, 0.25) is 0 Å². The Morgan fingerprint density at radius 2 is 2.06 bits per heavy atom. The van der Waals surface area contributed by atoms with Crippen LogP contribution >= 0.6 is 0 Å². The first kappa shape index (κ1) is 12.8. The first-order valence-electron chi connectivity index (χ1n) is 5.72. The number of rotatable bonds is 3. The highest BCUT2D eigenvalue weighted by atomic mass is 32.2. The van der Waals surface area contributed by atoms with Gasteiger partial charge in [0.25, 0.3) is 0 Å². The summed E-state index contributed by atoms with van der Waals surface area (Å²) in [5.41, 5.74) is 0. The highest BCUT2D eigenvalue weighted by molar-refractivity contribution is 7.91. The Labute approximate surface area is 100 Å². The maximum Gasteiger partial charge on any atom is 0.303 e. The van der Waals surface area contributed by atoms with Crippen molar-refractivity contribution in [3.05, 3.63) is 0 Å². The Bertz CT molecular complexity index is 407. The van der Waals surface area contributed by atoms with Gasteiger partial charge in [-0.25, -0.2) is 8.42 Å². The van der Waals surface area contributed by atoms with E-state index in [1.54, 1.807) is 0 Å². The van der Waals surface area contributed by atoms with Crippen LogP contribution in [0.4, 0.5) is 0 Å². The maximum absolute atomic E-state index is 11.4. The topological polar surface area (TPSA) is 94.9 Å². The van der Waals surface area contributed by atoms with E-state index in [9.17, 15) is 18.3 Å². The van der Waals surface area contributed by atoms with Crippen LogP contribution in [0.15, 0.2) is 0 Å². The molecule has 0 aromatic heterocycles. The lowest BCUT2D eigenvalue weighted by Crippen LogP contribution is -2.41. The van der Waals surface area contributed by atoms with Crippen molar-refractivity contribution in [1.82, 2.24) is 4.90 Å². The number of aliphatic carboxylic acids is 1. The molecule has 2 N–H and O–H groups in total. The molecule has 17 heavy (non-hydrogen) atoms. The Hall–Kier alpha value is -0.660. The fraction of sp³-hybridized carbons (Fsp3) is 0.900. The van der Waals surface area contributed by atoms with Crippen LogP contribution < -0.4 is 0 Å². The van der Waals surface area contributed by atoms with Gasteiger partial charge in [-0.15, -0.1) is 0 Å². The summed E-state index contributed by atoms with van der Waals surface area (Å²) in [6.07, 6.45) is 0.0466. The van der Waals surface area contributed by atoms with Gasteiger partial charge in [-0.3, -0.25) is 9.69 Å². The minimum Gasteiger partial charge on any atom is -0.481 e. The van der Waals surface area contributed by atoms with Gasteiger partial charge >= 0.3 is 5.97 Å². The van der Waals surface area contributed by atoms with Gasteiger partial charge in [-0.05, 0) is 18.9 Å². The number of sulfone groups is 1. The lowest BCUT2D eigenvalue weighted by molar-refractivity contribution is -0.138. The molecule has 3 atom stereocenters. The first-order chi connectivity index (χ1) is 7.87. The molecule has 0 aromatic rings. The van der Waals surface area contributed by atoms with Crippen LogP contribution in [0.5, 0.6) is 0 Å². The average Bonchev–Trinajstić information content (AvgIpc) is 2.69. The van der Waals surface area contributed by atoms with Crippen LogP contribution in [-0.2, 0) is 14.6 Å². The van der Waals surface area contributed by atoms with Crippen LogP contribution in [0.25, 0.3) is 0 Å². The first-order valence-corrected chi connectivity index (χ1v) is 7.54. The molecule has 0 aliphatic carbocycles. The second-order valence-electron chi connectivity index (χ2n) is 4.96. The minimum absolute atomic E-state index is 0.00599. The number of likely N-dealkylation sites (tertiary alicyclic amines) is 1. The number of aliphatic hydroxyl groups excluding tert-OH is 1. The second-order valence-corrected chi connectivity index (χ2v) is 7.11. The molecule has 0 radical (unpaired) electrons. The molecule has 0 saturated carbocycles. The summed E-state index contributed by atoms with van der Waals surface area (Å²) in [6.45, 7) is 1.25. The van der Waals surface area contributed by atoms with E-state index in [0.717, 1.165) is 6.42 Å². The normalized spacial score (nSPS) is 37.4. The van der Waals surface area contributed by atoms with Crippen LogP contribution in [0, 0.1) is 5.92 Å². The van der Waals surface area contributed by atoms with E-state index < -0.39 is 21.9 Å². The fourth-order valence-electron chi connectivity index (χ4n) is 2.74. The van der Waals surface area contributed by atoms with Gasteiger partial charge in [0.1, 0.15) is 0 Å². The van der Waals surface area contributed by atoms with Gasteiger partial charge in [0.2, 0.25) is 0 Å². The fourth-order valence-corrected chi connectivity index (χ4v) is 4.57. The third-order valence-corrected chi connectivity index (χ3v) is 5.24. The quantitative estimate of drug-likeness (QED) is 0.674. The van der Waals surface area contributed by atoms with Crippen molar-refractivity contribution in [3.63, 3.8) is 0 Å². The predicted molar refractivity (Wildman–Crippen MR) is 60.4 cm³/mol. The van der Waals surface area contributed by atoms with Gasteiger partial charge < -0.3 is 10.2 Å². The molecule has 98 valence electrons. The van der Waals surface area contributed by atoms with Crippen molar-refractivity contribution < 1.29 is 23.4 Å². The SMILES string of the molecule is O=C(O)CC1CCN(C2CS(=O)(=O)CC2O)C1. The summed E-state index contributed by atoms with van der Waals surface area (Å²) in [5, 5.41) is 18.4. The highest BCUT2D eigenvalue weighted by Crippen LogP contribution is 2.26. The molecule has 2 heterocycles. The molecule has 0 bridgehead atoms. The van der Waals surface area contributed by atoms with Crippen molar-refractivity contribution in [2.75, 3.05) is 24.6 Å². The molecule has 2 fully saturated rings. The molecular formula is C10H17NO5S. The van der Waals surface area contributed by atoms with Crippen molar-refractivity contribution in [2.45, 2.75) is 25.0 Å². The number of hydrogen-bond donors (Lipinski definition) is 2. The lowest BCUT2D eigenvalue weighted by Gasteiger charge is -2.25. The third kappa shape index (κ3) is 2.97. The van der Waals surface area contributed by atoms with Crippen LogP contribution in [0.1, 0.15) is 12.8 Å². The molecule has 0 amide bonds. The standard InChI is InChI=1S/C10H17NO5S/c12-9-6-17(15,16)5-8(9)11-2-1-7(4-11)3-10(13)14/h7-9,12H,1-6H2,(H,13,14). The summed E-state index contributed by atoms with van der Waals surface area (Å²) >= 11 is 0. The summed E-state index contributed by atoms with van der Waals surface area (Å²) < 4.78 is 22.8. The van der Waals surface area contributed by atoms with Crippen molar-refractivity contribution in [1.29, 1.82) is 0 Å². The molecule has 7 heteroatoms. The Balaban J connectivity index is 1.95. The molecule has 2 saturated heterocycles. The number of hydrogen-bond acceptors (Lipinski definition) is 5. The van der Waals surface area contributed by atoms with E-state index in [-0.39, 0.29) is 29.9 Å². The van der Waals surface area contributed by atoms with Crippen molar-refractivity contribution in [3.8, 4) is 0 Å². The van der Waals surface area contributed by atoms with Crippen LogP contribution in [-0.4, -0.2) is 66.2 Å². The Morgan fingerprint density at radius 1 is 1.35 bits per heavy atom. The van der Waals surface area contributed by atoms with E-state index in [1.165, 1.54) is 0 Å².